The van der Waals surface area contributed by atoms with Gasteiger partial charge in [-0.2, -0.15) is 5.10 Å². The maximum absolute atomic E-state index is 11.3. The van der Waals surface area contributed by atoms with Crippen LogP contribution in [0.3, 0.4) is 0 Å². The number of hydrazone groups is 1. The van der Waals surface area contributed by atoms with E-state index < -0.39 is 4.92 Å². The lowest BCUT2D eigenvalue weighted by molar-refractivity contribution is -0.385. The summed E-state index contributed by atoms with van der Waals surface area (Å²) in [7, 11) is 0. The number of benzene rings is 2. The van der Waals surface area contributed by atoms with Gasteiger partial charge in [-0.1, -0.05) is 32.9 Å². The number of amides is 1. The van der Waals surface area contributed by atoms with Gasteiger partial charge in [0.1, 0.15) is 5.75 Å². The van der Waals surface area contributed by atoms with Crippen molar-refractivity contribution < 1.29 is 14.5 Å². The van der Waals surface area contributed by atoms with Crippen LogP contribution in [0, 0.1) is 10.1 Å². The van der Waals surface area contributed by atoms with E-state index >= 15 is 0 Å². The Bertz CT molecular complexity index is 837. The van der Waals surface area contributed by atoms with Crippen LogP contribution in [0.5, 0.6) is 11.5 Å². The Labute approximate surface area is 151 Å². The molecule has 26 heavy (non-hydrogen) atoms. The van der Waals surface area contributed by atoms with Crippen molar-refractivity contribution in [3.63, 3.8) is 0 Å². The first-order chi connectivity index (χ1) is 12.2. The number of hydrogen-bond donors (Lipinski definition) is 1. The Balaban J connectivity index is 2.24. The van der Waals surface area contributed by atoms with Gasteiger partial charge in [0.25, 0.3) is 0 Å². The van der Waals surface area contributed by atoms with E-state index in [0.717, 1.165) is 5.56 Å². The molecule has 7 nitrogen and oxygen atoms in total. The molecule has 1 amide bonds. The van der Waals surface area contributed by atoms with E-state index in [-0.39, 0.29) is 22.8 Å². The zero-order valence-corrected chi connectivity index (χ0v) is 15.1. The number of rotatable bonds is 5. The number of nitro benzene ring substituents is 1. The number of carbonyl (C=O) groups is 1. The Morgan fingerprint density at radius 1 is 1.19 bits per heavy atom. The molecule has 0 aliphatic carbocycles. The molecule has 0 aliphatic heterocycles. The SMILES string of the molecule is CC(=O)N/N=C\c1ccc(Oc2ccc(C(C)(C)C)cc2)c([N+](=O)[O-])c1. The van der Waals surface area contributed by atoms with Crippen LogP contribution in [0.1, 0.15) is 38.8 Å². The number of ether oxygens (including phenoxy) is 1. The Kier molecular flexibility index (Phi) is 5.71. The highest BCUT2D eigenvalue weighted by atomic mass is 16.6. The topological polar surface area (TPSA) is 93.8 Å². The first-order valence-electron chi connectivity index (χ1n) is 8.03. The molecule has 0 radical (unpaired) electrons. The Morgan fingerprint density at radius 3 is 2.38 bits per heavy atom. The van der Waals surface area contributed by atoms with Crippen molar-refractivity contribution in [3.8, 4) is 11.5 Å². The van der Waals surface area contributed by atoms with Crippen LogP contribution in [-0.4, -0.2) is 17.0 Å². The predicted octanol–water partition coefficient (Wildman–Crippen LogP) is 4.15. The van der Waals surface area contributed by atoms with Crippen molar-refractivity contribution in [2.45, 2.75) is 33.1 Å². The lowest BCUT2D eigenvalue weighted by Crippen LogP contribution is -2.12. The summed E-state index contributed by atoms with van der Waals surface area (Å²) in [6.45, 7) is 7.64. The van der Waals surface area contributed by atoms with Crippen LogP contribution < -0.4 is 10.2 Å². The molecular weight excluding hydrogens is 334 g/mol. The summed E-state index contributed by atoms with van der Waals surface area (Å²) in [4.78, 5) is 21.6. The molecule has 0 unspecified atom stereocenters. The van der Waals surface area contributed by atoms with Crippen LogP contribution in [0.15, 0.2) is 47.6 Å². The lowest BCUT2D eigenvalue weighted by atomic mass is 9.87. The Morgan fingerprint density at radius 2 is 1.85 bits per heavy atom. The maximum atomic E-state index is 11.3. The van der Waals surface area contributed by atoms with Gasteiger partial charge in [0, 0.05) is 18.6 Å². The highest BCUT2D eigenvalue weighted by Crippen LogP contribution is 2.33. The van der Waals surface area contributed by atoms with E-state index in [9.17, 15) is 14.9 Å². The molecule has 136 valence electrons. The molecule has 0 aromatic heterocycles. The van der Waals surface area contributed by atoms with Crippen molar-refractivity contribution >= 4 is 17.8 Å². The van der Waals surface area contributed by atoms with Gasteiger partial charge in [0.2, 0.25) is 11.7 Å². The third kappa shape index (κ3) is 5.14. The second-order valence-corrected chi connectivity index (χ2v) is 6.79. The second kappa shape index (κ2) is 7.77. The highest BCUT2D eigenvalue weighted by molar-refractivity contribution is 5.83. The molecule has 2 rings (SSSR count). The molecule has 2 aromatic rings. The van der Waals surface area contributed by atoms with Crippen LogP contribution >= 0.6 is 0 Å². The van der Waals surface area contributed by atoms with Crippen LogP contribution in [0.4, 0.5) is 5.69 Å². The molecule has 1 N–H and O–H groups in total. The molecule has 0 saturated heterocycles. The smallest absolute Gasteiger partial charge is 0.312 e. The predicted molar refractivity (Wildman–Crippen MR) is 99.7 cm³/mol. The largest absolute Gasteiger partial charge is 0.450 e. The van der Waals surface area contributed by atoms with Crippen molar-refractivity contribution in [1.29, 1.82) is 0 Å². The fraction of sp³-hybridized carbons (Fsp3) is 0.263. The molecule has 0 fully saturated rings. The lowest BCUT2D eigenvalue weighted by Gasteiger charge is -2.19. The minimum absolute atomic E-state index is 0.0133. The molecule has 0 spiro atoms. The van der Waals surface area contributed by atoms with E-state index in [0.29, 0.717) is 11.3 Å². The number of nitrogens with one attached hydrogen (secondary N) is 1. The summed E-state index contributed by atoms with van der Waals surface area (Å²) < 4.78 is 5.68. The van der Waals surface area contributed by atoms with E-state index in [1.165, 1.54) is 25.3 Å². The van der Waals surface area contributed by atoms with Crippen LogP contribution in [0.25, 0.3) is 0 Å². The average Bonchev–Trinajstić information content (AvgIpc) is 2.55. The fourth-order valence-electron chi connectivity index (χ4n) is 2.19. The molecule has 0 atom stereocenters. The van der Waals surface area contributed by atoms with Gasteiger partial charge < -0.3 is 4.74 Å². The summed E-state index contributed by atoms with van der Waals surface area (Å²) in [5.41, 5.74) is 3.69. The number of carbonyl (C=O) groups excluding carboxylic acids is 1. The monoisotopic (exact) mass is 355 g/mol. The van der Waals surface area contributed by atoms with Gasteiger partial charge in [-0.05, 0) is 35.2 Å². The van der Waals surface area contributed by atoms with Gasteiger partial charge >= 0.3 is 5.69 Å². The van der Waals surface area contributed by atoms with Gasteiger partial charge in [-0.25, -0.2) is 5.43 Å². The zero-order valence-electron chi connectivity index (χ0n) is 15.1. The third-order valence-corrected chi connectivity index (χ3v) is 3.56. The molecule has 7 heteroatoms. The standard InChI is InChI=1S/C19H21N3O4/c1-13(23)21-20-12-14-5-10-18(17(11-14)22(24)25)26-16-8-6-15(7-9-16)19(2,3)4/h5-12H,1-4H3,(H,21,23)/b20-12-. The van der Waals surface area contributed by atoms with E-state index in [1.807, 2.05) is 12.1 Å². The molecule has 2 aromatic carbocycles. The van der Waals surface area contributed by atoms with E-state index in [2.05, 4.69) is 31.3 Å². The van der Waals surface area contributed by atoms with Gasteiger partial charge in [-0.3, -0.25) is 14.9 Å². The molecule has 0 bridgehead atoms. The molecule has 0 aliphatic rings. The quantitative estimate of drug-likeness (QED) is 0.495. The fourth-order valence-corrected chi connectivity index (χ4v) is 2.19. The van der Waals surface area contributed by atoms with Crippen molar-refractivity contribution in [1.82, 2.24) is 5.43 Å². The summed E-state index contributed by atoms with van der Waals surface area (Å²) in [6, 6.07) is 11.9. The summed E-state index contributed by atoms with van der Waals surface area (Å²) in [5.74, 6) is 0.324. The minimum atomic E-state index is -0.519. The van der Waals surface area contributed by atoms with Crippen LogP contribution in [-0.2, 0) is 10.2 Å². The molecule has 0 heterocycles. The molecule has 0 saturated carbocycles. The Hall–Kier alpha value is -3.22. The summed E-state index contributed by atoms with van der Waals surface area (Å²) >= 11 is 0. The number of nitrogens with zero attached hydrogens (tertiary/aromatic N) is 2. The number of nitro groups is 1. The molecular formula is C19H21N3O4. The van der Waals surface area contributed by atoms with E-state index in [1.54, 1.807) is 18.2 Å². The number of hydrogen-bond acceptors (Lipinski definition) is 5. The van der Waals surface area contributed by atoms with Crippen molar-refractivity contribution in [3.05, 3.63) is 63.7 Å². The zero-order chi connectivity index (χ0) is 19.3. The van der Waals surface area contributed by atoms with Gasteiger partial charge in [-0.15, -0.1) is 0 Å². The average molecular weight is 355 g/mol. The van der Waals surface area contributed by atoms with Crippen molar-refractivity contribution in [2.75, 3.05) is 0 Å². The van der Waals surface area contributed by atoms with Gasteiger partial charge in [0.05, 0.1) is 11.1 Å². The minimum Gasteiger partial charge on any atom is -0.450 e. The first-order valence-corrected chi connectivity index (χ1v) is 8.03. The third-order valence-electron chi connectivity index (χ3n) is 3.56. The first kappa shape index (κ1) is 19.1. The summed E-state index contributed by atoms with van der Waals surface area (Å²) in [6.07, 6.45) is 1.33. The summed E-state index contributed by atoms with van der Waals surface area (Å²) in [5, 5.41) is 15.0. The van der Waals surface area contributed by atoms with Crippen LogP contribution in [0.2, 0.25) is 0 Å². The van der Waals surface area contributed by atoms with Crippen molar-refractivity contribution in [2.24, 2.45) is 5.10 Å². The van der Waals surface area contributed by atoms with E-state index in [4.69, 9.17) is 4.74 Å². The normalized spacial score (nSPS) is 11.4. The maximum Gasteiger partial charge on any atom is 0.312 e. The second-order valence-electron chi connectivity index (χ2n) is 6.79. The highest BCUT2D eigenvalue weighted by Gasteiger charge is 2.17. The van der Waals surface area contributed by atoms with Gasteiger partial charge in [0.15, 0.2) is 0 Å².